The lowest BCUT2D eigenvalue weighted by Crippen LogP contribution is -2.23. The fraction of sp³-hybridized carbons (Fsp3) is 0.0769. The summed E-state index contributed by atoms with van der Waals surface area (Å²) in [6.07, 6.45) is 0. The molecule has 0 aliphatic heterocycles. The van der Waals surface area contributed by atoms with E-state index in [1.165, 1.54) is 18.2 Å². The third-order valence-corrected chi connectivity index (χ3v) is 4.38. The highest BCUT2D eigenvalue weighted by Crippen LogP contribution is 2.22. The summed E-state index contributed by atoms with van der Waals surface area (Å²) in [5.41, 5.74) is 6.98. The maximum atomic E-state index is 12.1. The largest absolute Gasteiger partial charge is 0.399 e. The molecule has 0 aromatic heterocycles. The van der Waals surface area contributed by atoms with Crippen molar-refractivity contribution in [2.24, 2.45) is 0 Å². The fourth-order valence-corrected chi connectivity index (χ4v) is 3.39. The average molecular weight is 331 g/mol. The standard InChI is InChI=1S/C13H12Cl2N2O2S/c14-10-5-11(15)7-13(6-10)20(18,19)17-8-9-2-1-3-12(16)4-9/h1-7,17H,8,16H2. The Bertz CT molecular complexity index is 713. The summed E-state index contributed by atoms with van der Waals surface area (Å²) in [5, 5.41) is 0.531. The van der Waals surface area contributed by atoms with Crippen LogP contribution in [0.15, 0.2) is 47.4 Å². The van der Waals surface area contributed by atoms with Gasteiger partial charge in [0.05, 0.1) is 4.90 Å². The number of anilines is 1. The summed E-state index contributed by atoms with van der Waals surface area (Å²) < 4.78 is 26.7. The van der Waals surface area contributed by atoms with Crippen LogP contribution in [0.4, 0.5) is 5.69 Å². The first kappa shape index (κ1) is 15.1. The first-order valence-electron chi connectivity index (χ1n) is 5.67. The Hall–Kier alpha value is -1.27. The van der Waals surface area contributed by atoms with Gasteiger partial charge in [0.25, 0.3) is 0 Å². The molecule has 3 N–H and O–H groups in total. The van der Waals surface area contributed by atoms with Crippen molar-refractivity contribution < 1.29 is 8.42 Å². The molecule has 2 rings (SSSR count). The van der Waals surface area contributed by atoms with Crippen LogP contribution in [0.1, 0.15) is 5.56 Å². The predicted octanol–water partition coefficient (Wildman–Crippen LogP) is 3.05. The highest BCUT2D eigenvalue weighted by Gasteiger charge is 2.15. The molecule has 0 spiro atoms. The number of nitrogen functional groups attached to an aromatic ring is 1. The number of hydrogen-bond acceptors (Lipinski definition) is 3. The predicted molar refractivity (Wildman–Crippen MR) is 81.3 cm³/mol. The molecule has 0 saturated heterocycles. The van der Waals surface area contributed by atoms with Crippen LogP contribution in [0.2, 0.25) is 10.0 Å². The number of hydrogen-bond donors (Lipinski definition) is 2. The summed E-state index contributed by atoms with van der Waals surface area (Å²) in [7, 11) is -3.68. The van der Waals surface area contributed by atoms with Crippen LogP contribution in [0, 0.1) is 0 Å². The second-order valence-corrected chi connectivity index (χ2v) is 6.81. The van der Waals surface area contributed by atoms with Crippen LogP contribution in [-0.2, 0) is 16.6 Å². The van der Waals surface area contributed by atoms with Gasteiger partial charge in [-0.1, -0.05) is 35.3 Å². The minimum Gasteiger partial charge on any atom is -0.399 e. The Balaban J connectivity index is 2.19. The molecule has 7 heteroatoms. The molecule has 0 atom stereocenters. The molecule has 0 bridgehead atoms. The number of nitrogens with two attached hydrogens (primary N) is 1. The van der Waals surface area contributed by atoms with Crippen molar-refractivity contribution in [3.8, 4) is 0 Å². The molecule has 0 unspecified atom stereocenters. The first-order chi connectivity index (χ1) is 9.37. The third kappa shape index (κ3) is 3.86. The van der Waals surface area contributed by atoms with Gasteiger partial charge in [0.2, 0.25) is 10.0 Å². The van der Waals surface area contributed by atoms with Crippen molar-refractivity contribution in [2.45, 2.75) is 11.4 Å². The van der Waals surface area contributed by atoms with Crippen molar-refractivity contribution in [3.63, 3.8) is 0 Å². The van der Waals surface area contributed by atoms with E-state index in [2.05, 4.69) is 4.72 Å². The third-order valence-electron chi connectivity index (χ3n) is 2.56. The Morgan fingerprint density at radius 2 is 1.70 bits per heavy atom. The second-order valence-electron chi connectivity index (χ2n) is 4.17. The molecule has 20 heavy (non-hydrogen) atoms. The number of halogens is 2. The van der Waals surface area contributed by atoms with Crippen LogP contribution >= 0.6 is 23.2 Å². The Morgan fingerprint density at radius 1 is 1.05 bits per heavy atom. The Morgan fingerprint density at radius 3 is 2.30 bits per heavy atom. The van der Waals surface area contributed by atoms with E-state index in [0.29, 0.717) is 5.69 Å². The average Bonchev–Trinajstić information content (AvgIpc) is 2.35. The topological polar surface area (TPSA) is 72.2 Å². The molecule has 0 heterocycles. The molecular weight excluding hydrogens is 319 g/mol. The van der Waals surface area contributed by atoms with Crippen LogP contribution < -0.4 is 10.5 Å². The van der Waals surface area contributed by atoms with Crippen LogP contribution in [0.25, 0.3) is 0 Å². The monoisotopic (exact) mass is 330 g/mol. The zero-order valence-electron chi connectivity index (χ0n) is 10.3. The lowest BCUT2D eigenvalue weighted by atomic mass is 10.2. The summed E-state index contributed by atoms with van der Waals surface area (Å²) in [6.45, 7) is 0.136. The summed E-state index contributed by atoms with van der Waals surface area (Å²) >= 11 is 11.6. The molecule has 2 aromatic carbocycles. The van der Waals surface area contributed by atoms with E-state index in [4.69, 9.17) is 28.9 Å². The molecule has 4 nitrogen and oxygen atoms in total. The van der Waals surface area contributed by atoms with Gasteiger partial charge in [-0.2, -0.15) is 0 Å². The molecule has 0 saturated carbocycles. The van der Waals surface area contributed by atoms with E-state index in [-0.39, 0.29) is 21.5 Å². The lowest BCUT2D eigenvalue weighted by Gasteiger charge is -2.08. The summed E-state index contributed by atoms with van der Waals surface area (Å²) in [5.74, 6) is 0. The second kappa shape index (κ2) is 6.01. The van der Waals surface area contributed by atoms with Gasteiger partial charge in [-0.3, -0.25) is 0 Å². The van der Waals surface area contributed by atoms with Gasteiger partial charge < -0.3 is 5.73 Å². The highest BCUT2D eigenvalue weighted by molar-refractivity contribution is 7.89. The van der Waals surface area contributed by atoms with Gasteiger partial charge in [-0.25, -0.2) is 13.1 Å². The summed E-state index contributed by atoms with van der Waals surface area (Å²) in [4.78, 5) is 0.0268. The zero-order valence-corrected chi connectivity index (χ0v) is 12.6. The molecular formula is C13H12Cl2N2O2S. The lowest BCUT2D eigenvalue weighted by molar-refractivity contribution is 0.581. The number of sulfonamides is 1. The molecule has 0 aliphatic rings. The van der Waals surface area contributed by atoms with Gasteiger partial charge >= 0.3 is 0 Å². The van der Waals surface area contributed by atoms with Crippen LogP contribution in [-0.4, -0.2) is 8.42 Å². The maximum Gasteiger partial charge on any atom is 0.240 e. The number of benzene rings is 2. The molecule has 0 amide bonds. The van der Waals surface area contributed by atoms with Crippen molar-refractivity contribution in [1.29, 1.82) is 0 Å². The van der Waals surface area contributed by atoms with E-state index >= 15 is 0 Å². The van der Waals surface area contributed by atoms with Crippen molar-refractivity contribution in [2.75, 3.05) is 5.73 Å². The molecule has 0 radical (unpaired) electrons. The van der Waals surface area contributed by atoms with E-state index in [1.807, 2.05) is 0 Å². The number of rotatable bonds is 4. The first-order valence-corrected chi connectivity index (χ1v) is 7.91. The summed E-state index contributed by atoms with van der Waals surface area (Å²) in [6, 6.07) is 11.1. The fourth-order valence-electron chi connectivity index (χ4n) is 1.65. The van der Waals surface area contributed by atoms with Crippen LogP contribution in [0.5, 0.6) is 0 Å². The maximum absolute atomic E-state index is 12.1. The van der Waals surface area contributed by atoms with Gasteiger partial charge in [0.1, 0.15) is 0 Å². The van der Waals surface area contributed by atoms with Gasteiger partial charge in [0, 0.05) is 22.3 Å². The Labute approximate surface area is 127 Å². The van der Waals surface area contributed by atoms with Crippen molar-refractivity contribution in [3.05, 3.63) is 58.1 Å². The highest BCUT2D eigenvalue weighted by atomic mass is 35.5. The quantitative estimate of drug-likeness (QED) is 0.846. The minimum atomic E-state index is -3.68. The van der Waals surface area contributed by atoms with Gasteiger partial charge in [-0.15, -0.1) is 0 Å². The molecule has 0 aliphatic carbocycles. The minimum absolute atomic E-state index is 0.0268. The van der Waals surface area contributed by atoms with Crippen molar-refractivity contribution >= 4 is 38.9 Å². The zero-order chi connectivity index (χ0) is 14.8. The van der Waals surface area contributed by atoms with E-state index < -0.39 is 10.0 Å². The van der Waals surface area contributed by atoms with E-state index in [1.54, 1.807) is 24.3 Å². The van der Waals surface area contributed by atoms with E-state index in [0.717, 1.165) is 5.56 Å². The normalized spacial score (nSPS) is 11.5. The van der Waals surface area contributed by atoms with E-state index in [9.17, 15) is 8.42 Å². The Kier molecular flexibility index (Phi) is 4.55. The van der Waals surface area contributed by atoms with Gasteiger partial charge in [0.15, 0.2) is 0 Å². The molecule has 0 fully saturated rings. The van der Waals surface area contributed by atoms with Gasteiger partial charge in [-0.05, 0) is 35.9 Å². The van der Waals surface area contributed by atoms with Crippen molar-refractivity contribution in [1.82, 2.24) is 4.72 Å². The number of nitrogens with one attached hydrogen (secondary N) is 1. The molecule has 106 valence electrons. The SMILES string of the molecule is Nc1cccc(CNS(=O)(=O)c2cc(Cl)cc(Cl)c2)c1. The smallest absolute Gasteiger partial charge is 0.240 e. The molecule has 2 aromatic rings. The van der Waals surface area contributed by atoms with Crippen LogP contribution in [0.3, 0.4) is 0 Å².